The first-order chi connectivity index (χ1) is 13.1. The van der Waals surface area contributed by atoms with Gasteiger partial charge in [-0.15, -0.1) is 0 Å². The zero-order valence-corrected chi connectivity index (χ0v) is 15.3. The summed E-state index contributed by atoms with van der Waals surface area (Å²) in [7, 11) is 0. The first-order valence-corrected chi connectivity index (χ1v) is 9.24. The molecule has 0 atom stereocenters. The molecule has 3 aromatic rings. The number of rotatable bonds is 4. The highest BCUT2D eigenvalue weighted by Gasteiger charge is 2.14. The van der Waals surface area contributed by atoms with E-state index in [1.54, 1.807) is 18.2 Å². The van der Waals surface area contributed by atoms with E-state index in [2.05, 4.69) is 33.4 Å². The van der Waals surface area contributed by atoms with Crippen molar-refractivity contribution in [2.45, 2.75) is 13.5 Å². The summed E-state index contributed by atoms with van der Waals surface area (Å²) in [6, 6.07) is 14.4. The number of nitrogens with zero attached hydrogens (tertiary/aromatic N) is 2. The number of ketones is 1. The maximum atomic E-state index is 13.3. The van der Waals surface area contributed by atoms with Gasteiger partial charge in [-0.3, -0.25) is 9.69 Å². The number of benzene rings is 2. The van der Waals surface area contributed by atoms with Gasteiger partial charge >= 0.3 is 0 Å². The molecule has 1 aliphatic rings. The first-order valence-electron chi connectivity index (χ1n) is 9.24. The summed E-state index contributed by atoms with van der Waals surface area (Å²) in [5.74, 6) is -0.352. The van der Waals surface area contributed by atoms with Gasteiger partial charge in [0.25, 0.3) is 0 Å². The molecule has 2 heterocycles. The van der Waals surface area contributed by atoms with Gasteiger partial charge < -0.3 is 5.32 Å². The van der Waals surface area contributed by atoms with Crippen LogP contribution in [0.15, 0.2) is 48.5 Å². The van der Waals surface area contributed by atoms with Gasteiger partial charge in [0.15, 0.2) is 5.78 Å². The number of piperazine rings is 1. The summed E-state index contributed by atoms with van der Waals surface area (Å²) in [6.45, 7) is 6.46. The van der Waals surface area contributed by atoms with E-state index >= 15 is 0 Å². The maximum absolute atomic E-state index is 13.3. The zero-order chi connectivity index (χ0) is 18.8. The van der Waals surface area contributed by atoms with Gasteiger partial charge in [0.1, 0.15) is 11.5 Å². The minimum atomic E-state index is -0.276. The number of halogens is 1. The van der Waals surface area contributed by atoms with Gasteiger partial charge in [-0.2, -0.15) is 0 Å². The van der Waals surface area contributed by atoms with E-state index in [1.807, 2.05) is 0 Å². The van der Waals surface area contributed by atoms with E-state index in [1.165, 1.54) is 24.6 Å². The Morgan fingerprint density at radius 2 is 1.85 bits per heavy atom. The highest BCUT2D eigenvalue weighted by Crippen LogP contribution is 2.30. The minimum absolute atomic E-state index is 0.0761. The maximum Gasteiger partial charge on any atom is 0.178 e. The molecule has 5 heteroatoms. The van der Waals surface area contributed by atoms with Crippen LogP contribution in [0.2, 0.25) is 0 Å². The number of nitrogens with one attached hydrogen (secondary N) is 1. The molecule has 1 fully saturated rings. The molecule has 0 spiro atoms. The van der Waals surface area contributed by atoms with Crippen molar-refractivity contribution < 1.29 is 9.18 Å². The lowest BCUT2D eigenvalue weighted by Gasteiger charge is -2.27. The van der Waals surface area contributed by atoms with E-state index in [9.17, 15) is 9.18 Å². The molecular formula is C22H22FN3O. The predicted octanol–water partition coefficient (Wildman–Crippen LogP) is 3.65. The summed E-state index contributed by atoms with van der Waals surface area (Å²) < 4.78 is 13.3. The summed E-state index contributed by atoms with van der Waals surface area (Å²) in [5.41, 5.74) is 4.19. The highest BCUT2D eigenvalue weighted by molar-refractivity contribution is 6.01. The molecule has 0 bridgehead atoms. The molecule has 1 saturated heterocycles. The monoisotopic (exact) mass is 363 g/mol. The van der Waals surface area contributed by atoms with Gasteiger partial charge in [-0.25, -0.2) is 9.37 Å². The Bertz CT molecular complexity index is 979. The van der Waals surface area contributed by atoms with Crippen molar-refractivity contribution in [3.05, 3.63) is 65.6 Å². The first kappa shape index (κ1) is 17.8. The van der Waals surface area contributed by atoms with Crippen molar-refractivity contribution in [1.29, 1.82) is 0 Å². The van der Waals surface area contributed by atoms with Crippen LogP contribution in [0.4, 0.5) is 4.39 Å². The minimum Gasteiger partial charge on any atom is -0.314 e. The summed E-state index contributed by atoms with van der Waals surface area (Å²) in [6.07, 6.45) is 0. The molecule has 4 rings (SSSR count). The molecule has 2 aromatic carbocycles. The summed E-state index contributed by atoms with van der Waals surface area (Å²) >= 11 is 0. The Kier molecular flexibility index (Phi) is 4.97. The van der Waals surface area contributed by atoms with Crippen molar-refractivity contribution in [3.63, 3.8) is 0 Å². The number of hydrogen-bond donors (Lipinski definition) is 1. The van der Waals surface area contributed by atoms with Crippen LogP contribution < -0.4 is 5.32 Å². The molecule has 0 amide bonds. The summed E-state index contributed by atoms with van der Waals surface area (Å²) in [5, 5.41) is 4.33. The highest BCUT2D eigenvalue weighted by atomic mass is 19.1. The average molecular weight is 363 g/mol. The fourth-order valence-corrected chi connectivity index (χ4v) is 3.55. The summed E-state index contributed by atoms with van der Waals surface area (Å²) in [4.78, 5) is 19.0. The number of fused-ring (bicyclic) bond motifs is 1. The van der Waals surface area contributed by atoms with E-state index in [-0.39, 0.29) is 11.6 Å². The number of carbonyl (C=O) groups excluding carboxylic acids is 1. The Labute approximate surface area is 158 Å². The molecule has 1 aromatic heterocycles. The van der Waals surface area contributed by atoms with E-state index < -0.39 is 0 Å². The second-order valence-corrected chi connectivity index (χ2v) is 7.00. The molecule has 0 aliphatic carbocycles. The Balaban J connectivity index is 1.78. The number of Topliss-reactive ketones (excluding diaryl/α,β-unsaturated/α-hetero) is 1. The standard InChI is InChI=1S/C22H22FN3O/c1-15(27)21-13-20(17-3-5-18(23)6-4-17)19-7-2-16(12-22(19)25-21)14-26-10-8-24-9-11-26/h2-7,12-13,24H,8-11,14H2,1H3. The van der Waals surface area contributed by atoms with Crippen LogP contribution in [0.1, 0.15) is 23.0 Å². The molecule has 0 radical (unpaired) electrons. The van der Waals surface area contributed by atoms with E-state index in [0.717, 1.165) is 54.8 Å². The van der Waals surface area contributed by atoms with Crippen LogP contribution in [0, 0.1) is 5.82 Å². The molecule has 27 heavy (non-hydrogen) atoms. The second-order valence-electron chi connectivity index (χ2n) is 7.00. The van der Waals surface area contributed by atoms with Gasteiger partial charge in [0.05, 0.1) is 5.52 Å². The van der Waals surface area contributed by atoms with Gasteiger partial charge in [-0.1, -0.05) is 24.3 Å². The van der Waals surface area contributed by atoms with Crippen LogP contribution in [0.25, 0.3) is 22.0 Å². The lowest BCUT2D eigenvalue weighted by Crippen LogP contribution is -2.42. The second kappa shape index (κ2) is 7.55. The van der Waals surface area contributed by atoms with Crippen molar-refractivity contribution >= 4 is 16.7 Å². The van der Waals surface area contributed by atoms with Crippen molar-refractivity contribution in [1.82, 2.24) is 15.2 Å². The molecule has 1 N–H and O–H groups in total. The SMILES string of the molecule is CC(=O)c1cc(-c2ccc(F)cc2)c2ccc(CN3CCNCC3)cc2n1. The predicted molar refractivity (Wildman–Crippen MR) is 105 cm³/mol. The number of aromatic nitrogens is 1. The molecule has 1 aliphatic heterocycles. The van der Waals surface area contributed by atoms with Gasteiger partial charge in [-0.05, 0) is 41.0 Å². The average Bonchev–Trinajstić information content (AvgIpc) is 2.68. The Hall–Kier alpha value is -2.63. The lowest BCUT2D eigenvalue weighted by molar-refractivity contribution is 0.101. The topological polar surface area (TPSA) is 45.2 Å². The molecule has 0 unspecified atom stereocenters. The van der Waals surface area contributed by atoms with Crippen molar-refractivity contribution in [3.8, 4) is 11.1 Å². The third-order valence-electron chi connectivity index (χ3n) is 5.01. The fraction of sp³-hybridized carbons (Fsp3) is 0.273. The Morgan fingerprint density at radius 1 is 1.11 bits per heavy atom. The largest absolute Gasteiger partial charge is 0.314 e. The number of pyridine rings is 1. The van der Waals surface area contributed by atoms with Crippen LogP contribution in [-0.2, 0) is 6.54 Å². The van der Waals surface area contributed by atoms with Gasteiger partial charge in [0.2, 0.25) is 0 Å². The van der Waals surface area contributed by atoms with E-state index in [4.69, 9.17) is 0 Å². The van der Waals surface area contributed by atoms with E-state index in [0.29, 0.717) is 5.69 Å². The van der Waals surface area contributed by atoms with Crippen LogP contribution in [-0.4, -0.2) is 41.8 Å². The smallest absolute Gasteiger partial charge is 0.178 e. The van der Waals surface area contributed by atoms with Crippen LogP contribution >= 0.6 is 0 Å². The lowest BCUT2D eigenvalue weighted by atomic mass is 9.98. The normalized spacial score (nSPS) is 15.2. The number of carbonyl (C=O) groups is 1. The van der Waals surface area contributed by atoms with Crippen LogP contribution in [0.5, 0.6) is 0 Å². The van der Waals surface area contributed by atoms with Crippen LogP contribution in [0.3, 0.4) is 0 Å². The number of hydrogen-bond acceptors (Lipinski definition) is 4. The zero-order valence-electron chi connectivity index (χ0n) is 15.3. The van der Waals surface area contributed by atoms with Crippen molar-refractivity contribution in [2.75, 3.05) is 26.2 Å². The molecule has 138 valence electrons. The molecule has 4 nitrogen and oxygen atoms in total. The van der Waals surface area contributed by atoms with Gasteiger partial charge in [0, 0.05) is 45.0 Å². The third-order valence-corrected chi connectivity index (χ3v) is 5.01. The fourth-order valence-electron chi connectivity index (χ4n) is 3.55. The third kappa shape index (κ3) is 3.89. The van der Waals surface area contributed by atoms with Crippen molar-refractivity contribution in [2.24, 2.45) is 0 Å². The molecule has 0 saturated carbocycles. The molecular weight excluding hydrogens is 341 g/mol. The Morgan fingerprint density at radius 3 is 2.56 bits per heavy atom. The quantitative estimate of drug-likeness (QED) is 0.719.